The maximum Gasteiger partial charge on any atom is 0.416 e. The van der Waals surface area contributed by atoms with Crippen molar-refractivity contribution in [1.82, 2.24) is 19.5 Å². The highest BCUT2D eigenvalue weighted by Gasteiger charge is 2.35. The number of alkyl halides is 3. The summed E-state index contributed by atoms with van der Waals surface area (Å²) in [5.41, 5.74) is 0.0674. The maximum atomic E-state index is 13.4. The molecule has 2 aromatic heterocycles. The normalized spacial score (nSPS) is 15.6. The van der Waals surface area contributed by atoms with E-state index < -0.39 is 11.7 Å². The Morgan fingerprint density at radius 3 is 2.58 bits per heavy atom. The van der Waals surface area contributed by atoms with Crippen molar-refractivity contribution in [3.05, 3.63) is 70.4 Å². The van der Waals surface area contributed by atoms with E-state index in [4.69, 9.17) is 0 Å². The second kappa shape index (κ2) is 7.79. The van der Waals surface area contributed by atoms with E-state index >= 15 is 0 Å². The van der Waals surface area contributed by atoms with Crippen molar-refractivity contribution in [1.29, 1.82) is 0 Å². The lowest BCUT2D eigenvalue weighted by atomic mass is 9.90. The van der Waals surface area contributed by atoms with Crippen LogP contribution < -0.4 is 10.5 Å². The van der Waals surface area contributed by atoms with Crippen molar-refractivity contribution in [3.63, 3.8) is 0 Å². The number of aromatic nitrogens is 4. The molecule has 0 N–H and O–H groups in total. The van der Waals surface area contributed by atoms with Crippen molar-refractivity contribution < 1.29 is 13.2 Å². The zero-order valence-corrected chi connectivity index (χ0v) is 17.2. The van der Waals surface area contributed by atoms with E-state index in [-0.39, 0.29) is 23.0 Å². The minimum Gasteiger partial charge on any atom is -0.341 e. The van der Waals surface area contributed by atoms with E-state index in [0.29, 0.717) is 37.0 Å². The lowest BCUT2D eigenvalue weighted by molar-refractivity contribution is -0.138. The molecular weight excluding hydrogens is 407 g/mol. The fourth-order valence-corrected chi connectivity index (χ4v) is 3.97. The molecule has 0 amide bonds. The Hall–Kier alpha value is -3.23. The van der Waals surface area contributed by atoms with Gasteiger partial charge in [-0.2, -0.15) is 13.2 Å². The summed E-state index contributed by atoms with van der Waals surface area (Å²) < 4.78 is 41.7. The molecule has 4 rings (SSSR count). The van der Waals surface area contributed by atoms with Gasteiger partial charge in [0.05, 0.1) is 17.0 Å². The second-order valence-electron chi connectivity index (χ2n) is 8.45. The zero-order valence-electron chi connectivity index (χ0n) is 17.2. The molecule has 1 aliphatic rings. The predicted molar refractivity (Wildman–Crippen MR) is 111 cm³/mol. The van der Waals surface area contributed by atoms with Gasteiger partial charge in [-0.15, -0.1) is 0 Å². The molecule has 0 saturated heterocycles. The quantitative estimate of drug-likeness (QED) is 0.631. The number of benzene rings is 1. The van der Waals surface area contributed by atoms with Crippen LogP contribution in [0.15, 0.2) is 53.7 Å². The van der Waals surface area contributed by atoms with Crippen molar-refractivity contribution in [2.75, 3.05) is 18.0 Å². The molecule has 1 aliphatic heterocycles. The van der Waals surface area contributed by atoms with Gasteiger partial charge in [0.15, 0.2) is 0 Å². The Kier molecular flexibility index (Phi) is 5.28. The summed E-state index contributed by atoms with van der Waals surface area (Å²) in [6.45, 7) is 5.40. The highest BCUT2D eigenvalue weighted by molar-refractivity contribution is 5.55. The molecular formula is C22H22F3N5O. The summed E-state index contributed by atoms with van der Waals surface area (Å²) in [6.07, 6.45) is -1.29. The molecule has 0 fully saturated rings. The number of fused-ring (bicyclic) bond motifs is 1. The maximum absolute atomic E-state index is 13.4. The van der Waals surface area contributed by atoms with E-state index in [9.17, 15) is 18.0 Å². The molecule has 162 valence electrons. The van der Waals surface area contributed by atoms with Gasteiger partial charge in [0, 0.05) is 37.3 Å². The topological polar surface area (TPSA) is 63.9 Å². The molecule has 3 aromatic rings. The Bertz CT molecular complexity index is 1140. The van der Waals surface area contributed by atoms with Gasteiger partial charge in [-0.25, -0.2) is 15.0 Å². The summed E-state index contributed by atoms with van der Waals surface area (Å²) >= 11 is 0. The van der Waals surface area contributed by atoms with Crippen LogP contribution in [0.4, 0.5) is 19.1 Å². The van der Waals surface area contributed by atoms with Gasteiger partial charge in [-0.05, 0) is 24.1 Å². The van der Waals surface area contributed by atoms with Gasteiger partial charge >= 0.3 is 6.18 Å². The second-order valence-corrected chi connectivity index (χ2v) is 8.45. The lowest BCUT2D eigenvalue weighted by Crippen LogP contribution is -2.48. The fourth-order valence-electron chi connectivity index (χ4n) is 3.97. The molecule has 6 nitrogen and oxygen atoms in total. The molecule has 0 atom stereocenters. The highest BCUT2D eigenvalue weighted by atomic mass is 19.4. The van der Waals surface area contributed by atoms with E-state index in [2.05, 4.69) is 15.0 Å². The van der Waals surface area contributed by atoms with Crippen LogP contribution in [0, 0.1) is 5.41 Å². The van der Waals surface area contributed by atoms with Crippen LogP contribution in [-0.2, 0) is 19.1 Å². The zero-order chi connectivity index (χ0) is 22.2. The molecule has 0 radical (unpaired) electrons. The number of halogens is 3. The number of rotatable bonds is 4. The third-order valence-corrected chi connectivity index (χ3v) is 5.29. The molecule has 0 unspecified atom stereocenters. The first-order valence-corrected chi connectivity index (χ1v) is 9.92. The largest absolute Gasteiger partial charge is 0.416 e. The third kappa shape index (κ3) is 4.45. The van der Waals surface area contributed by atoms with Gasteiger partial charge in [-0.3, -0.25) is 9.36 Å². The Morgan fingerprint density at radius 2 is 1.87 bits per heavy atom. The molecule has 1 aromatic carbocycles. The van der Waals surface area contributed by atoms with Crippen LogP contribution in [0.2, 0.25) is 0 Å². The minimum absolute atomic E-state index is 0.180. The Balaban J connectivity index is 1.70. The smallest absolute Gasteiger partial charge is 0.341 e. The lowest BCUT2D eigenvalue weighted by Gasteiger charge is -2.40. The summed E-state index contributed by atoms with van der Waals surface area (Å²) in [4.78, 5) is 27.4. The first-order chi connectivity index (χ1) is 14.6. The van der Waals surface area contributed by atoms with Crippen LogP contribution in [0.25, 0.3) is 11.4 Å². The average molecular weight is 429 g/mol. The fraction of sp³-hybridized carbons (Fsp3) is 0.364. The molecule has 3 heterocycles. The third-order valence-electron chi connectivity index (χ3n) is 5.29. The number of hydrogen-bond donors (Lipinski definition) is 0. The van der Waals surface area contributed by atoms with Crippen LogP contribution in [0.5, 0.6) is 0 Å². The van der Waals surface area contributed by atoms with E-state index in [0.717, 1.165) is 6.07 Å². The molecule has 0 spiro atoms. The van der Waals surface area contributed by atoms with Gasteiger partial charge < -0.3 is 4.90 Å². The van der Waals surface area contributed by atoms with Crippen molar-refractivity contribution in [2.24, 2.45) is 5.41 Å². The van der Waals surface area contributed by atoms with Crippen LogP contribution in [-0.4, -0.2) is 32.6 Å². The summed E-state index contributed by atoms with van der Waals surface area (Å²) in [5.74, 6) is 0.449. The van der Waals surface area contributed by atoms with Crippen LogP contribution >= 0.6 is 0 Å². The SMILES string of the molecule is CC1(C)CN(CCc2ccccc2C(F)(F)F)c2nc(-c3ccncn3)cc(=O)n2C1. The average Bonchev–Trinajstić information content (AvgIpc) is 2.72. The molecule has 0 saturated carbocycles. The minimum atomic E-state index is -4.41. The molecule has 31 heavy (non-hydrogen) atoms. The summed E-state index contributed by atoms with van der Waals surface area (Å²) in [7, 11) is 0. The molecule has 0 aliphatic carbocycles. The van der Waals surface area contributed by atoms with E-state index in [1.165, 1.54) is 24.5 Å². The number of hydrogen-bond acceptors (Lipinski definition) is 5. The highest BCUT2D eigenvalue weighted by Crippen LogP contribution is 2.33. The van der Waals surface area contributed by atoms with Gasteiger partial charge in [0.25, 0.3) is 5.56 Å². The van der Waals surface area contributed by atoms with Gasteiger partial charge in [0.1, 0.15) is 6.33 Å². The van der Waals surface area contributed by atoms with Gasteiger partial charge in [-0.1, -0.05) is 32.0 Å². The summed E-state index contributed by atoms with van der Waals surface area (Å²) in [5, 5.41) is 0. The summed E-state index contributed by atoms with van der Waals surface area (Å²) in [6, 6.07) is 8.68. The Morgan fingerprint density at radius 1 is 1.10 bits per heavy atom. The standard InChI is InChI=1S/C22H22F3N5O/c1-21(2)12-29(10-8-15-5-3-4-6-16(15)22(23,24)25)20-28-18(11-19(31)30(20)13-21)17-7-9-26-14-27-17/h3-7,9,11,14H,8,10,12-13H2,1-2H3. The van der Waals surface area contributed by atoms with Crippen molar-refractivity contribution in [3.8, 4) is 11.4 Å². The van der Waals surface area contributed by atoms with Crippen molar-refractivity contribution >= 4 is 5.95 Å². The molecule has 9 heteroatoms. The van der Waals surface area contributed by atoms with Crippen molar-refractivity contribution in [2.45, 2.75) is 33.0 Å². The number of nitrogens with zero attached hydrogens (tertiary/aromatic N) is 5. The predicted octanol–water partition coefficient (Wildman–Crippen LogP) is 3.81. The first kappa shape index (κ1) is 21.0. The van der Waals surface area contributed by atoms with Crippen LogP contribution in [0.1, 0.15) is 25.0 Å². The first-order valence-electron chi connectivity index (χ1n) is 9.92. The Labute approximate surface area is 177 Å². The van der Waals surface area contributed by atoms with Crippen LogP contribution in [0.3, 0.4) is 0 Å². The molecule has 0 bridgehead atoms. The van der Waals surface area contributed by atoms with E-state index in [1.807, 2.05) is 18.7 Å². The van der Waals surface area contributed by atoms with E-state index in [1.54, 1.807) is 22.9 Å². The monoisotopic (exact) mass is 429 g/mol. The van der Waals surface area contributed by atoms with Gasteiger partial charge in [0.2, 0.25) is 5.95 Å². The number of anilines is 1.